The Labute approximate surface area is 159 Å². The van der Waals surface area contributed by atoms with E-state index in [1.54, 1.807) is 12.4 Å². The highest BCUT2D eigenvalue weighted by Crippen LogP contribution is 2.32. The Morgan fingerprint density at radius 1 is 1.00 bits per heavy atom. The molecule has 0 atom stereocenters. The van der Waals surface area contributed by atoms with Crippen LogP contribution in [0.25, 0.3) is 11.4 Å². The number of pyridine rings is 1. The summed E-state index contributed by atoms with van der Waals surface area (Å²) in [5.41, 5.74) is 3.49. The second-order valence-corrected chi connectivity index (χ2v) is 7.28. The molecule has 0 amide bonds. The summed E-state index contributed by atoms with van der Waals surface area (Å²) in [4.78, 5) is 15.6. The molecule has 2 aromatic heterocycles. The van der Waals surface area contributed by atoms with E-state index in [2.05, 4.69) is 32.8 Å². The lowest BCUT2D eigenvalue weighted by Crippen LogP contribution is -2.42. The van der Waals surface area contributed by atoms with Gasteiger partial charge in [-0.15, -0.1) is 0 Å². The molecule has 5 heteroatoms. The summed E-state index contributed by atoms with van der Waals surface area (Å²) in [5.74, 6) is 0.765. The van der Waals surface area contributed by atoms with Crippen LogP contribution in [0.3, 0.4) is 0 Å². The topological polar surface area (TPSA) is 62.1 Å². The number of hydrogen-bond acceptors (Lipinski definition) is 5. The first-order valence-electron chi connectivity index (χ1n) is 9.36. The lowest BCUT2D eigenvalue weighted by molar-refractivity contribution is -0.0280. The first kappa shape index (κ1) is 17.8. The summed E-state index contributed by atoms with van der Waals surface area (Å²) in [5, 5.41) is 10.9. The molecule has 1 aliphatic rings. The number of piperidine rings is 1. The fraction of sp³-hybridized carbons (Fsp3) is 0.318. The van der Waals surface area contributed by atoms with Crippen LogP contribution < -0.4 is 0 Å². The minimum absolute atomic E-state index is 0.709. The van der Waals surface area contributed by atoms with Crippen LogP contribution in [0.2, 0.25) is 0 Å². The van der Waals surface area contributed by atoms with Gasteiger partial charge in [-0.3, -0.25) is 9.88 Å². The summed E-state index contributed by atoms with van der Waals surface area (Å²) in [6, 6.07) is 12.0. The molecule has 0 aliphatic carbocycles. The molecule has 138 valence electrons. The molecule has 1 aliphatic heterocycles. The van der Waals surface area contributed by atoms with Gasteiger partial charge in [-0.1, -0.05) is 30.3 Å². The van der Waals surface area contributed by atoms with Gasteiger partial charge in [0.1, 0.15) is 0 Å². The van der Waals surface area contributed by atoms with E-state index < -0.39 is 5.60 Å². The van der Waals surface area contributed by atoms with E-state index in [-0.39, 0.29) is 0 Å². The summed E-state index contributed by atoms with van der Waals surface area (Å²) in [6.45, 7) is 4.55. The summed E-state index contributed by atoms with van der Waals surface area (Å²) in [6.07, 6.45) is 8.76. The van der Waals surface area contributed by atoms with E-state index in [0.717, 1.165) is 42.1 Å². The van der Waals surface area contributed by atoms with E-state index in [4.69, 9.17) is 0 Å². The third-order valence-corrected chi connectivity index (χ3v) is 5.38. The largest absolute Gasteiger partial charge is 0.385 e. The standard InChI is InChI=1S/C22H24N4O/c1-17-5-2-3-7-20(17)21-24-13-18(14-25-21)16-26-11-8-22(27,9-12-26)19-6-4-10-23-15-19/h2-7,10,13-15,27H,8-9,11-12,16H2,1H3. The van der Waals surface area contributed by atoms with E-state index in [0.29, 0.717) is 12.8 Å². The van der Waals surface area contributed by atoms with Gasteiger partial charge in [0, 0.05) is 61.1 Å². The fourth-order valence-corrected chi connectivity index (χ4v) is 3.67. The van der Waals surface area contributed by atoms with Gasteiger partial charge in [-0.2, -0.15) is 0 Å². The maximum Gasteiger partial charge on any atom is 0.159 e. The van der Waals surface area contributed by atoms with Crippen LogP contribution in [-0.2, 0) is 12.1 Å². The highest BCUT2D eigenvalue weighted by Gasteiger charge is 2.34. The Bertz CT molecular complexity index is 888. The van der Waals surface area contributed by atoms with Gasteiger partial charge in [0.05, 0.1) is 5.60 Å². The van der Waals surface area contributed by atoms with Crippen LogP contribution in [0.15, 0.2) is 61.2 Å². The van der Waals surface area contributed by atoms with Crippen LogP contribution in [0.1, 0.15) is 29.5 Å². The molecular weight excluding hydrogens is 336 g/mol. The first-order valence-corrected chi connectivity index (χ1v) is 9.36. The molecule has 0 bridgehead atoms. The van der Waals surface area contributed by atoms with Gasteiger partial charge in [0.2, 0.25) is 0 Å². The van der Waals surface area contributed by atoms with Crippen molar-refractivity contribution >= 4 is 0 Å². The number of aromatic nitrogens is 3. The molecule has 0 unspecified atom stereocenters. The Morgan fingerprint density at radius 2 is 1.74 bits per heavy atom. The lowest BCUT2D eigenvalue weighted by Gasteiger charge is -2.38. The molecule has 0 radical (unpaired) electrons. The van der Waals surface area contributed by atoms with Crippen LogP contribution in [0.4, 0.5) is 0 Å². The van der Waals surface area contributed by atoms with Crippen molar-refractivity contribution in [3.63, 3.8) is 0 Å². The third-order valence-electron chi connectivity index (χ3n) is 5.38. The highest BCUT2D eigenvalue weighted by molar-refractivity contribution is 5.59. The molecule has 1 saturated heterocycles. The van der Waals surface area contributed by atoms with E-state index in [1.807, 2.05) is 42.7 Å². The van der Waals surface area contributed by atoms with E-state index >= 15 is 0 Å². The summed E-state index contributed by atoms with van der Waals surface area (Å²) >= 11 is 0. The average molecular weight is 360 g/mol. The SMILES string of the molecule is Cc1ccccc1-c1ncc(CN2CCC(O)(c3cccnc3)CC2)cn1. The first-order chi connectivity index (χ1) is 13.1. The van der Waals surface area contributed by atoms with Crippen molar-refractivity contribution in [3.8, 4) is 11.4 Å². The zero-order valence-electron chi connectivity index (χ0n) is 15.5. The summed E-state index contributed by atoms with van der Waals surface area (Å²) < 4.78 is 0. The quantitative estimate of drug-likeness (QED) is 0.773. The number of aryl methyl sites for hydroxylation is 1. The van der Waals surface area contributed by atoms with Crippen LogP contribution >= 0.6 is 0 Å². The normalized spacial score (nSPS) is 17.0. The molecule has 0 spiro atoms. The van der Waals surface area contributed by atoms with Crippen molar-refractivity contribution < 1.29 is 5.11 Å². The smallest absolute Gasteiger partial charge is 0.159 e. The number of likely N-dealkylation sites (tertiary alicyclic amines) is 1. The second-order valence-electron chi connectivity index (χ2n) is 7.28. The van der Waals surface area contributed by atoms with E-state index in [1.165, 1.54) is 5.56 Å². The molecule has 4 rings (SSSR count). The molecule has 1 N–H and O–H groups in total. The average Bonchev–Trinajstić information content (AvgIpc) is 2.72. The van der Waals surface area contributed by atoms with E-state index in [9.17, 15) is 5.11 Å². The molecule has 3 aromatic rings. The predicted molar refractivity (Wildman–Crippen MR) is 105 cm³/mol. The minimum Gasteiger partial charge on any atom is -0.385 e. The molecule has 3 heterocycles. The van der Waals surface area contributed by atoms with Crippen molar-refractivity contribution in [2.24, 2.45) is 0 Å². The number of nitrogens with zero attached hydrogens (tertiary/aromatic N) is 4. The lowest BCUT2D eigenvalue weighted by atomic mass is 9.85. The Morgan fingerprint density at radius 3 is 2.41 bits per heavy atom. The molecule has 27 heavy (non-hydrogen) atoms. The van der Waals surface area contributed by atoms with Crippen molar-refractivity contribution in [2.45, 2.75) is 31.9 Å². The van der Waals surface area contributed by atoms with Crippen molar-refractivity contribution in [3.05, 3.63) is 77.9 Å². The molecule has 1 fully saturated rings. The minimum atomic E-state index is -0.768. The Hall–Kier alpha value is -2.63. The molecule has 0 saturated carbocycles. The fourth-order valence-electron chi connectivity index (χ4n) is 3.67. The maximum absolute atomic E-state index is 10.9. The number of benzene rings is 1. The van der Waals surface area contributed by atoms with Gasteiger partial charge in [0.15, 0.2) is 5.82 Å². The third kappa shape index (κ3) is 3.89. The van der Waals surface area contributed by atoms with Crippen molar-refractivity contribution in [1.29, 1.82) is 0 Å². The molecular formula is C22H24N4O. The zero-order valence-corrected chi connectivity index (χ0v) is 15.5. The highest BCUT2D eigenvalue weighted by atomic mass is 16.3. The van der Waals surface area contributed by atoms with Crippen LogP contribution in [-0.4, -0.2) is 38.0 Å². The second kappa shape index (κ2) is 7.55. The van der Waals surface area contributed by atoms with Gasteiger partial charge in [-0.25, -0.2) is 9.97 Å². The zero-order chi connectivity index (χ0) is 18.7. The van der Waals surface area contributed by atoms with Gasteiger partial charge in [-0.05, 0) is 31.4 Å². The molecule has 5 nitrogen and oxygen atoms in total. The van der Waals surface area contributed by atoms with Crippen molar-refractivity contribution in [1.82, 2.24) is 19.9 Å². The van der Waals surface area contributed by atoms with Crippen LogP contribution in [0, 0.1) is 6.92 Å². The maximum atomic E-state index is 10.9. The van der Waals surface area contributed by atoms with Crippen molar-refractivity contribution in [2.75, 3.05) is 13.1 Å². The van der Waals surface area contributed by atoms with Gasteiger partial charge >= 0.3 is 0 Å². The predicted octanol–water partition coefficient (Wildman–Crippen LogP) is 3.33. The Kier molecular flexibility index (Phi) is 4.97. The monoisotopic (exact) mass is 360 g/mol. The summed E-state index contributed by atoms with van der Waals surface area (Å²) in [7, 11) is 0. The Balaban J connectivity index is 1.39. The number of hydrogen-bond donors (Lipinski definition) is 1. The van der Waals surface area contributed by atoms with Crippen LogP contribution in [0.5, 0.6) is 0 Å². The van der Waals surface area contributed by atoms with Gasteiger partial charge < -0.3 is 5.11 Å². The van der Waals surface area contributed by atoms with Gasteiger partial charge in [0.25, 0.3) is 0 Å². The molecule has 1 aromatic carbocycles. The number of rotatable bonds is 4. The number of aliphatic hydroxyl groups is 1.